The summed E-state index contributed by atoms with van der Waals surface area (Å²) in [5.41, 5.74) is 7.59. The lowest BCUT2D eigenvalue weighted by Crippen LogP contribution is -2.51. The maximum atomic E-state index is 13.0. The van der Waals surface area contributed by atoms with Gasteiger partial charge in [0.2, 0.25) is 0 Å². The molecule has 1 amide bonds. The van der Waals surface area contributed by atoms with Crippen molar-refractivity contribution in [2.45, 2.75) is 0 Å². The minimum atomic E-state index is -0.232. The number of aliphatic imine (C=N–C) groups is 1. The van der Waals surface area contributed by atoms with Crippen molar-refractivity contribution in [3.05, 3.63) is 60.2 Å². The van der Waals surface area contributed by atoms with Crippen molar-refractivity contribution in [2.75, 3.05) is 44.2 Å². The average Bonchev–Trinajstić information content (AvgIpc) is 2.72. The molecule has 0 saturated carbocycles. The summed E-state index contributed by atoms with van der Waals surface area (Å²) < 4.78 is 13.0. The van der Waals surface area contributed by atoms with Crippen molar-refractivity contribution in [3.8, 4) is 0 Å². The maximum absolute atomic E-state index is 13.0. The number of nitrogens with one attached hydrogen (secondary N) is 1. The van der Waals surface area contributed by atoms with Gasteiger partial charge in [0.25, 0.3) is 5.91 Å². The molecule has 2 aromatic rings. The zero-order chi connectivity index (χ0) is 19.1. The van der Waals surface area contributed by atoms with Crippen LogP contribution in [0.15, 0.2) is 53.8 Å². The summed E-state index contributed by atoms with van der Waals surface area (Å²) in [6.07, 6.45) is 3.14. The fraction of sp³-hybridized carbons (Fsp3) is 0.316. The Labute approximate surface area is 157 Å². The molecule has 1 aliphatic rings. The third-order valence-corrected chi connectivity index (χ3v) is 4.39. The molecule has 3 rings (SSSR count). The van der Waals surface area contributed by atoms with E-state index in [4.69, 9.17) is 5.73 Å². The molecule has 2 heterocycles. The molecule has 3 N–H and O–H groups in total. The highest BCUT2D eigenvalue weighted by atomic mass is 19.1. The Hall–Kier alpha value is -3.16. The quantitative estimate of drug-likeness (QED) is 0.467. The minimum Gasteiger partial charge on any atom is -0.370 e. The molecule has 0 radical (unpaired) electrons. The second-order valence-electron chi connectivity index (χ2n) is 6.19. The molecule has 0 aliphatic carbocycles. The smallest absolute Gasteiger partial charge is 0.252 e. The van der Waals surface area contributed by atoms with Crippen LogP contribution in [-0.4, -0.2) is 61.0 Å². The monoisotopic (exact) mass is 370 g/mol. The van der Waals surface area contributed by atoms with E-state index in [2.05, 4.69) is 20.2 Å². The van der Waals surface area contributed by atoms with Gasteiger partial charge in [-0.05, 0) is 36.4 Å². The van der Waals surface area contributed by atoms with E-state index >= 15 is 0 Å². The highest BCUT2D eigenvalue weighted by Crippen LogP contribution is 2.16. The van der Waals surface area contributed by atoms with E-state index < -0.39 is 0 Å². The molecule has 1 fully saturated rings. The molecule has 0 unspecified atom stereocenters. The second-order valence-corrected chi connectivity index (χ2v) is 6.19. The SMILES string of the molecule is NC(=NCCNC(=O)c1cccnc1)N1CCN(c2ccc(F)cc2)CC1. The molecule has 8 heteroatoms. The lowest BCUT2D eigenvalue weighted by atomic mass is 10.2. The number of pyridine rings is 1. The summed E-state index contributed by atoms with van der Waals surface area (Å²) in [5, 5.41) is 2.79. The number of hydrogen-bond donors (Lipinski definition) is 2. The van der Waals surface area contributed by atoms with Gasteiger partial charge in [-0.25, -0.2) is 4.39 Å². The number of carbonyl (C=O) groups excluding carboxylic acids is 1. The first kappa shape index (κ1) is 18.6. The summed E-state index contributed by atoms with van der Waals surface area (Å²) >= 11 is 0. The van der Waals surface area contributed by atoms with Crippen LogP contribution in [0.1, 0.15) is 10.4 Å². The first-order valence-corrected chi connectivity index (χ1v) is 8.87. The number of aromatic nitrogens is 1. The van der Waals surface area contributed by atoms with Crippen molar-refractivity contribution in [2.24, 2.45) is 10.7 Å². The predicted molar refractivity (Wildman–Crippen MR) is 103 cm³/mol. The summed E-state index contributed by atoms with van der Waals surface area (Å²) in [6, 6.07) is 9.94. The third kappa shape index (κ3) is 5.16. The van der Waals surface area contributed by atoms with Gasteiger partial charge in [-0.3, -0.25) is 14.8 Å². The molecule has 27 heavy (non-hydrogen) atoms. The Morgan fingerprint density at radius 3 is 2.59 bits per heavy atom. The minimum absolute atomic E-state index is 0.176. The van der Waals surface area contributed by atoms with Crippen LogP contribution in [0.4, 0.5) is 10.1 Å². The van der Waals surface area contributed by atoms with Crippen LogP contribution in [0.2, 0.25) is 0 Å². The van der Waals surface area contributed by atoms with Crippen molar-refractivity contribution >= 4 is 17.6 Å². The van der Waals surface area contributed by atoms with Crippen LogP contribution >= 0.6 is 0 Å². The Balaban J connectivity index is 1.41. The largest absolute Gasteiger partial charge is 0.370 e. The molecule has 0 spiro atoms. The fourth-order valence-electron chi connectivity index (χ4n) is 2.88. The zero-order valence-electron chi connectivity index (χ0n) is 15.0. The predicted octanol–water partition coefficient (Wildman–Crippen LogP) is 1.09. The van der Waals surface area contributed by atoms with Gasteiger partial charge in [0, 0.05) is 50.8 Å². The van der Waals surface area contributed by atoms with E-state index in [1.165, 1.54) is 18.3 Å². The van der Waals surface area contributed by atoms with Crippen molar-refractivity contribution in [3.63, 3.8) is 0 Å². The Bertz CT molecular complexity index is 773. The highest BCUT2D eigenvalue weighted by molar-refractivity contribution is 5.93. The van der Waals surface area contributed by atoms with Gasteiger partial charge >= 0.3 is 0 Å². The number of carbonyl (C=O) groups is 1. The molecular weight excluding hydrogens is 347 g/mol. The van der Waals surface area contributed by atoms with Crippen molar-refractivity contribution in [1.82, 2.24) is 15.2 Å². The van der Waals surface area contributed by atoms with Crippen molar-refractivity contribution in [1.29, 1.82) is 0 Å². The Morgan fingerprint density at radius 1 is 1.19 bits per heavy atom. The van der Waals surface area contributed by atoms with Crippen LogP contribution in [0, 0.1) is 5.82 Å². The van der Waals surface area contributed by atoms with Crippen molar-refractivity contribution < 1.29 is 9.18 Å². The molecule has 142 valence electrons. The number of piperazine rings is 1. The van der Waals surface area contributed by atoms with Crippen LogP contribution in [-0.2, 0) is 0 Å². The molecular formula is C19H23FN6O. The van der Waals surface area contributed by atoms with Gasteiger partial charge in [-0.1, -0.05) is 0 Å². The van der Waals surface area contributed by atoms with E-state index in [9.17, 15) is 9.18 Å². The highest BCUT2D eigenvalue weighted by Gasteiger charge is 2.18. The number of rotatable bonds is 5. The molecule has 1 saturated heterocycles. The third-order valence-electron chi connectivity index (χ3n) is 4.39. The number of guanidine groups is 1. The molecule has 7 nitrogen and oxygen atoms in total. The number of amides is 1. The molecule has 0 atom stereocenters. The summed E-state index contributed by atoms with van der Waals surface area (Å²) in [4.78, 5) is 24.4. The van der Waals surface area contributed by atoms with Gasteiger partial charge in [0.05, 0.1) is 12.1 Å². The average molecular weight is 370 g/mol. The number of halogens is 1. The van der Waals surface area contributed by atoms with Gasteiger partial charge in [0.1, 0.15) is 5.82 Å². The fourth-order valence-corrected chi connectivity index (χ4v) is 2.88. The zero-order valence-corrected chi connectivity index (χ0v) is 15.0. The molecule has 1 aromatic carbocycles. The number of nitrogens with two attached hydrogens (primary N) is 1. The Kier molecular flexibility index (Phi) is 6.19. The normalized spacial score (nSPS) is 14.9. The summed E-state index contributed by atoms with van der Waals surface area (Å²) in [6.45, 7) is 3.89. The van der Waals surface area contributed by atoms with E-state index in [0.29, 0.717) is 24.6 Å². The van der Waals surface area contributed by atoms with Crippen LogP contribution in [0.25, 0.3) is 0 Å². The second kappa shape index (κ2) is 8.98. The topological polar surface area (TPSA) is 86.8 Å². The van der Waals surface area contributed by atoms with Gasteiger partial charge in [-0.15, -0.1) is 0 Å². The van der Waals surface area contributed by atoms with E-state index in [-0.39, 0.29) is 11.7 Å². The first-order valence-electron chi connectivity index (χ1n) is 8.87. The van der Waals surface area contributed by atoms with Gasteiger partial charge in [-0.2, -0.15) is 0 Å². The van der Waals surface area contributed by atoms with Gasteiger partial charge < -0.3 is 20.9 Å². The van der Waals surface area contributed by atoms with E-state index in [0.717, 1.165) is 31.9 Å². The summed E-state index contributed by atoms with van der Waals surface area (Å²) in [7, 11) is 0. The first-order chi connectivity index (χ1) is 13.1. The molecule has 0 bridgehead atoms. The standard InChI is InChI=1S/C19H23FN6O/c20-16-3-5-17(6-4-16)25-10-12-26(13-11-25)19(21)24-9-8-23-18(27)15-2-1-7-22-14-15/h1-7,14H,8-13H2,(H2,21,24)(H,23,27). The summed E-state index contributed by atoms with van der Waals surface area (Å²) in [5.74, 6) is 0.0681. The number of benzene rings is 1. The lowest BCUT2D eigenvalue weighted by Gasteiger charge is -2.36. The van der Waals surface area contributed by atoms with E-state index in [1.807, 2.05) is 4.90 Å². The van der Waals surface area contributed by atoms with Crippen LogP contribution < -0.4 is 16.0 Å². The number of hydrogen-bond acceptors (Lipinski definition) is 4. The number of anilines is 1. The molecule has 1 aliphatic heterocycles. The Morgan fingerprint density at radius 2 is 1.93 bits per heavy atom. The van der Waals surface area contributed by atoms with E-state index in [1.54, 1.807) is 30.5 Å². The lowest BCUT2D eigenvalue weighted by molar-refractivity contribution is 0.0954. The van der Waals surface area contributed by atoms with Crippen LogP contribution in [0.3, 0.4) is 0 Å². The molecule has 1 aromatic heterocycles. The van der Waals surface area contributed by atoms with Crippen LogP contribution in [0.5, 0.6) is 0 Å². The maximum Gasteiger partial charge on any atom is 0.252 e. The number of nitrogens with zero attached hydrogens (tertiary/aromatic N) is 4. The van der Waals surface area contributed by atoms with Gasteiger partial charge in [0.15, 0.2) is 5.96 Å².